The minimum absolute atomic E-state index is 0.198. The number of methoxy groups -OCH3 is 1. The number of benzene rings is 4. The molecule has 5 nitrogen and oxygen atoms in total. The molecule has 0 bridgehead atoms. The van der Waals surface area contributed by atoms with Crippen LogP contribution in [0.25, 0.3) is 16.3 Å². The lowest BCUT2D eigenvalue weighted by Gasteiger charge is -2.20. The van der Waals surface area contributed by atoms with Crippen molar-refractivity contribution in [3.8, 4) is 0 Å². The maximum absolute atomic E-state index is 13.1. The van der Waals surface area contributed by atoms with Crippen LogP contribution in [0, 0.1) is 0 Å². The number of imide groups is 1. The van der Waals surface area contributed by atoms with Gasteiger partial charge in [-0.25, -0.2) is 4.79 Å². The Morgan fingerprint density at radius 3 is 1.94 bits per heavy atom. The summed E-state index contributed by atoms with van der Waals surface area (Å²) in [7, 11) is 1.30. The van der Waals surface area contributed by atoms with Crippen LogP contribution in [0.2, 0.25) is 0 Å². The van der Waals surface area contributed by atoms with E-state index in [2.05, 4.69) is 0 Å². The zero-order valence-electron chi connectivity index (χ0n) is 18.5. The maximum Gasteiger partial charge on any atom is 0.336 e. The van der Waals surface area contributed by atoms with E-state index in [9.17, 15) is 14.4 Å². The van der Waals surface area contributed by atoms with Crippen LogP contribution in [-0.4, -0.2) is 36.3 Å². The fourth-order valence-corrected chi connectivity index (χ4v) is 4.37. The van der Waals surface area contributed by atoms with Crippen molar-refractivity contribution < 1.29 is 19.1 Å². The van der Waals surface area contributed by atoms with Gasteiger partial charge in [0.15, 0.2) is 0 Å². The number of hydrogen-bond donors (Lipinski definition) is 0. The molecular formula is C29H21NO4. The number of ether oxygens (including phenoxy) is 1. The van der Waals surface area contributed by atoms with Crippen molar-refractivity contribution in [3.05, 3.63) is 125 Å². The van der Waals surface area contributed by atoms with Gasteiger partial charge in [-0.2, -0.15) is 0 Å². The Hall–Kier alpha value is -4.51. The first-order valence-corrected chi connectivity index (χ1v) is 10.9. The third-order valence-electron chi connectivity index (χ3n) is 6.03. The van der Waals surface area contributed by atoms with E-state index in [1.165, 1.54) is 7.11 Å². The van der Waals surface area contributed by atoms with Crippen LogP contribution in [-0.2, 0) is 9.53 Å². The highest BCUT2D eigenvalue weighted by molar-refractivity contribution is 6.22. The summed E-state index contributed by atoms with van der Waals surface area (Å²) >= 11 is 0. The summed E-state index contributed by atoms with van der Waals surface area (Å²) in [5.74, 6) is -1.44. The predicted molar refractivity (Wildman–Crippen MR) is 130 cm³/mol. The first-order chi connectivity index (χ1) is 16.6. The molecule has 34 heavy (non-hydrogen) atoms. The van der Waals surface area contributed by atoms with Crippen LogP contribution < -0.4 is 0 Å². The summed E-state index contributed by atoms with van der Waals surface area (Å²) in [6, 6.07) is 30.0. The SMILES string of the molecule is COC(=O)/C(CN1C(=O)c2ccccc2C1=O)=C(\c1ccccc1)c1ccc2ccccc2c1. The van der Waals surface area contributed by atoms with Gasteiger partial charge < -0.3 is 4.74 Å². The van der Waals surface area contributed by atoms with Gasteiger partial charge in [0.05, 0.1) is 30.4 Å². The fraction of sp³-hybridized carbons (Fsp3) is 0.0690. The van der Waals surface area contributed by atoms with E-state index in [0.29, 0.717) is 16.7 Å². The van der Waals surface area contributed by atoms with E-state index in [1.54, 1.807) is 24.3 Å². The van der Waals surface area contributed by atoms with E-state index in [-0.39, 0.29) is 12.1 Å². The van der Waals surface area contributed by atoms with Gasteiger partial charge in [0.1, 0.15) is 0 Å². The zero-order chi connectivity index (χ0) is 23.7. The van der Waals surface area contributed by atoms with Crippen molar-refractivity contribution in [2.75, 3.05) is 13.7 Å². The molecule has 5 heteroatoms. The molecule has 0 unspecified atom stereocenters. The number of amides is 2. The van der Waals surface area contributed by atoms with E-state index < -0.39 is 17.8 Å². The Bertz CT molecular complexity index is 1440. The molecule has 166 valence electrons. The second-order valence-electron chi connectivity index (χ2n) is 8.02. The fourth-order valence-electron chi connectivity index (χ4n) is 4.37. The standard InChI is InChI=1S/C29H21NO4/c1-34-29(33)25(18-30-27(31)23-13-7-8-14-24(23)28(30)32)26(20-10-3-2-4-11-20)22-16-15-19-9-5-6-12-21(19)17-22/h2-17H,18H2,1H3/b26-25+. The molecule has 0 aliphatic carbocycles. The van der Waals surface area contributed by atoms with Crippen molar-refractivity contribution in [1.82, 2.24) is 4.90 Å². The summed E-state index contributed by atoms with van der Waals surface area (Å²) in [6.45, 7) is -0.198. The molecule has 4 aromatic carbocycles. The second-order valence-corrected chi connectivity index (χ2v) is 8.02. The Morgan fingerprint density at radius 1 is 0.706 bits per heavy atom. The molecule has 5 rings (SSSR count). The number of fused-ring (bicyclic) bond motifs is 2. The highest BCUT2D eigenvalue weighted by Crippen LogP contribution is 2.32. The van der Waals surface area contributed by atoms with E-state index in [4.69, 9.17) is 4.74 Å². The van der Waals surface area contributed by atoms with Gasteiger partial charge in [-0.3, -0.25) is 14.5 Å². The first-order valence-electron chi connectivity index (χ1n) is 10.9. The molecule has 0 saturated heterocycles. The number of rotatable bonds is 5. The van der Waals surface area contributed by atoms with Crippen molar-refractivity contribution in [3.63, 3.8) is 0 Å². The quantitative estimate of drug-likeness (QED) is 0.242. The molecule has 1 aliphatic heterocycles. The lowest BCUT2D eigenvalue weighted by Crippen LogP contribution is -2.34. The summed E-state index contributed by atoms with van der Waals surface area (Å²) in [5.41, 5.74) is 3.11. The Balaban J connectivity index is 1.70. The van der Waals surface area contributed by atoms with Gasteiger partial charge in [-0.05, 0) is 40.1 Å². The van der Waals surface area contributed by atoms with Crippen LogP contribution in [0.5, 0.6) is 0 Å². The number of carbonyl (C=O) groups is 3. The lowest BCUT2D eigenvalue weighted by atomic mass is 9.91. The van der Waals surface area contributed by atoms with Gasteiger partial charge in [0, 0.05) is 5.57 Å². The summed E-state index contributed by atoms with van der Waals surface area (Å²) in [6.07, 6.45) is 0. The van der Waals surface area contributed by atoms with Gasteiger partial charge in [-0.1, -0.05) is 78.9 Å². The molecule has 0 atom stereocenters. The molecule has 2 amide bonds. The summed E-state index contributed by atoms with van der Waals surface area (Å²) in [5, 5.41) is 2.08. The lowest BCUT2D eigenvalue weighted by molar-refractivity contribution is -0.136. The summed E-state index contributed by atoms with van der Waals surface area (Å²) in [4.78, 5) is 40.3. The molecule has 4 aromatic rings. The largest absolute Gasteiger partial charge is 0.466 e. The first kappa shape index (κ1) is 21.3. The van der Waals surface area contributed by atoms with E-state index >= 15 is 0 Å². The zero-order valence-corrected chi connectivity index (χ0v) is 18.5. The molecule has 0 aromatic heterocycles. The van der Waals surface area contributed by atoms with Gasteiger partial charge in [0.25, 0.3) is 11.8 Å². The number of carbonyl (C=O) groups excluding carboxylic acids is 3. The van der Waals surface area contributed by atoms with Crippen molar-refractivity contribution in [2.45, 2.75) is 0 Å². The highest BCUT2D eigenvalue weighted by atomic mass is 16.5. The molecule has 1 aliphatic rings. The van der Waals surface area contributed by atoms with Gasteiger partial charge >= 0.3 is 5.97 Å². The molecule has 0 spiro atoms. The molecule has 1 heterocycles. The number of nitrogens with zero attached hydrogens (tertiary/aromatic N) is 1. The maximum atomic E-state index is 13.1. The van der Waals surface area contributed by atoms with Gasteiger partial charge in [-0.15, -0.1) is 0 Å². The Morgan fingerprint density at radius 2 is 1.29 bits per heavy atom. The smallest absolute Gasteiger partial charge is 0.336 e. The average molecular weight is 447 g/mol. The summed E-state index contributed by atoms with van der Waals surface area (Å²) < 4.78 is 5.14. The highest BCUT2D eigenvalue weighted by Gasteiger charge is 2.37. The topological polar surface area (TPSA) is 63.7 Å². The van der Waals surface area contributed by atoms with Crippen LogP contribution in [0.15, 0.2) is 103 Å². The average Bonchev–Trinajstić information content (AvgIpc) is 3.13. The third kappa shape index (κ3) is 3.67. The molecule has 0 fully saturated rings. The minimum Gasteiger partial charge on any atom is -0.466 e. The minimum atomic E-state index is -0.594. The molecule has 0 N–H and O–H groups in total. The Labute approximate surface area is 196 Å². The normalized spacial score (nSPS) is 13.6. The predicted octanol–water partition coefficient (Wildman–Crippen LogP) is 5.11. The Kier molecular flexibility index (Phi) is 5.52. The number of hydrogen-bond acceptors (Lipinski definition) is 4. The monoisotopic (exact) mass is 447 g/mol. The van der Waals surface area contributed by atoms with Crippen LogP contribution in [0.1, 0.15) is 31.8 Å². The van der Waals surface area contributed by atoms with Crippen molar-refractivity contribution in [1.29, 1.82) is 0 Å². The molecular weight excluding hydrogens is 426 g/mol. The van der Waals surface area contributed by atoms with Gasteiger partial charge in [0.2, 0.25) is 0 Å². The van der Waals surface area contributed by atoms with Crippen molar-refractivity contribution >= 4 is 34.1 Å². The van der Waals surface area contributed by atoms with Crippen molar-refractivity contribution in [2.24, 2.45) is 0 Å². The van der Waals surface area contributed by atoms with Crippen LogP contribution in [0.3, 0.4) is 0 Å². The third-order valence-corrected chi connectivity index (χ3v) is 6.03. The second kappa shape index (κ2) is 8.79. The van der Waals surface area contributed by atoms with Crippen LogP contribution in [0.4, 0.5) is 0 Å². The molecule has 0 saturated carbocycles. The molecule has 0 radical (unpaired) electrons. The van der Waals surface area contributed by atoms with E-state index in [1.807, 2.05) is 72.8 Å². The van der Waals surface area contributed by atoms with E-state index in [0.717, 1.165) is 26.8 Å². The van der Waals surface area contributed by atoms with Crippen LogP contribution >= 0.6 is 0 Å². The number of esters is 1.